The highest BCUT2D eigenvalue weighted by molar-refractivity contribution is 5.98. The Kier molecular flexibility index (Phi) is 4.02. The molecule has 0 aliphatic carbocycles. The zero-order valence-electron chi connectivity index (χ0n) is 11.2. The zero-order valence-corrected chi connectivity index (χ0v) is 11.2. The molecular formula is C14H13F3N2O2. The van der Waals surface area contributed by atoms with E-state index in [2.05, 4.69) is 4.98 Å². The van der Waals surface area contributed by atoms with Crippen LogP contribution in [0.4, 0.5) is 19.0 Å². The van der Waals surface area contributed by atoms with Gasteiger partial charge in [-0.25, -0.2) is 9.78 Å². The maximum absolute atomic E-state index is 12.6. The summed E-state index contributed by atoms with van der Waals surface area (Å²) in [6.07, 6.45) is -4.43. The van der Waals surface area contributed by atoms with Gasteiger partial charge in [-0.3, -0.25) is 0 Å². The summed E-state index contributed by atoms with van der Waals surface area (Å²) in [6.45, 7) is 0.286. The van der Waals surface area contributed by atoms with Crippen LogP contribution in [0.3, 0.4) is 0 Å². The molecule has 0 saturated carbocycles. The number of para-hydroxylation sites is 1. The molecule has 7 heteroatoms. The van der Waals surface area contributed by atoms with E-state index in [-0.39, 0.29) is 17.9 Å². The lowest BCUT2D eigenvalue weighted by Gasteiger charge is -2.25. The van der Waals surface area contributed by atoms with Gasteiger partial charge in [-0.2, -0.15) is 13.2 Å². The van der Waals surface area contributed by atoms with Gasteiger partial charge < -0.3 is 10.0 Å². The summed E-state index contributed by atoms with van der Waals surface area (Å²) in [7, 11) is 0. The minimum absolute atomic E-state index is 0.00509. The summed E-state index contributed by atoms with van der Waals surface area (Å²) >= 11 is 0. The molecule has 0 atom stereocenters. The number of halogens is 3. The van der Waals surface area contributed by atoms with E-state index in [1.54, 1.807) is 24.3 Å². The number of anilines is 1. The Morgan fingerprint density at radius 1 is 1.33 bits per heavy atom. The molecule has 1 heterocycles. The van der Waals surface area contributed by atoms with Crippen LogP contribution in [0.5, 0.6) is 0 Å². The number of carboxylic acids is 1. The number of aromatic nitrogens is 1. The minimum atomic E-state index is -4.43. The Labute approximate surface area is 118 Å². The third-order valence-corrected chi connectivity index (χ3v) is 2.99. The van der Waals surface area contributed by atoms with Crippen LogP contribution in [0.1, 0.15) is 17.3 Å². The Bertz CT molecular complexity index is 671. The molecule has 4 nitrogen and oxygen atoms in total. The first-order valence-electron chi connectivity index (χ1n) is 6.26. The molecule has 112 valence electrons. The zero-order chi connectivity index (χ0) is 15.6. The molecule has 0 aliphatic rings. The van der Waals surface area contributed by atoms with Gasteiger partial charge in [0.1, 0.15) is 17.9 Å². The highest BCUT2D eigenvalue weighted by atomic mass is 19.4. The molecule has 2 aromatic rings. The molecule has 21 heavy (non-hydrogen) atoms. The van der Waals surface area contributed by atoms with Crippen molar-refractivity contribution < 1.29 is 23.1 Å². The topological polar surface area (TPSA) is 53.4 Å². The molecule has 2 rings (SSSR count). The molecule has 0 aliphatic heterocycles. The van der Waals surface area contributed by atoms with Gasteiger partial charge in [0.2, 0.25) is 0 Å². The average molecular weight is 298 g/mol. The van der Waals surface area contributed by atoms with Crippen LogP contribution in [0.25, 0.3) is 10.9 Å². The maximum Gasteiger partial charge on any atom is 0.405 e. The van der Waals surface area contributed by atoms with Crippen molar-refractivity contribution in [3.05, 3.63) is 35.9 Å². The van der Waals surface area contributed by atoms with Crippen LogP contribution in [-0.4, -0.2) is 35.3 Å². The maximum atomic E-state index is 12.6. The number of alkyl halides is 3. The fourth-order valence-corrected chi connectivity index (χ4v) is 2.06. The molecular weight excluding hydrogens is 285 g/mol. The van der Waals surface area contributed by atoms with Crippen LogP contribution in [0.2, 0.25) is 0 Å². The molecule has 0 amide bonds. The molecule has 1 aromatic heterocycles. The number of fused-ring (bicyclic) bond motifs is 1. The van der Waals surface area contributed by atoms with Crippen molar-refractivity contribution >= 4 is 22.7 Å². The second kappa shape index (κ2) is 5.59. The second-order valence-corrected chi connectivity index (χ2v) is 4.49. The number of benzene rings is 1. The minimum Gasteiger partial charge on any atom is -0.478 e. The van der Waals surface area contributed by atoms with Crippen LogP contribution in [0, 0.1) is 0 Å². The molecule has 0 fully saturated rings. The first-order valence-corrected chi connectivity index (χ1v) is 6.26. The van der Waals surface area contributed by atoms with Gasteiger partial charge in [0, 0.05) is 11.9 Å². The molecule has 0 saturated heterocycles. The van der Waals surface area contributed by atoms with Crippen LogP contribution >= 0.6 is 0 Å². The number of hydrogen-bond acceptors (Lipinski definition) is 3. The number of hydrogen-bond donors (Lipinski definition) is 1. The standard InChI is InChI=1S/C14H13F3N2O2/c1-2-19(8-14(15,16)17)12-10(13(20)21)7-9-5-3-4-6-11(9)18-12/h3-7H,2,8H2,1H3,(H,20,21). The predicted octanol–water partition coefficient (Wildman–Crippen LogP) is 3.32. The lowest BCUT2D eigenvalue weighted by atomic mass is 10.1. The van der Waals surface area contributed by atoms with E-state index in [1.165, 1.54) is 13.0 Å². The lowest BCUT2D eigenvalue weighted by Crippen LogP contribution is -2.35. The second-order valence-electron chi connectivity index (χ2n) is 4.49. The number of carboxylic acid groups (broad SMARTS) is 1. The van der Waals surface area contributed by atoms with Crippen LogP contribution in [-0.2, 0) is 0 Å². The van der Waals surface area contributed by atoms with Crippen molar-refractivity contribution in [2.75, 3.05) is 18.0 Å². The van der Waals surface area contributed by atoms with Gasteiger partial charge in [-0.1, -0.05) is 18.2 Å². The van der Waals surface area contributed by atoms with Gasteiger partial charge in [0.15, 0.2) is 0 Å². The number of pyridine rings is 1. The van der Waals surface area contributed by atoms with E-state index >= 15 is 0 Å². The van der Waals surface area contributed by atoms with E-state index in [1.807, 2.05) is 0 Å². The molecule has 0 radical (unpaired) electrons. The fourth-order valence-electron chi connectivity index (χ4n) is 2.06. The van der Waals surface area contributed by atoms with E-state index in [9.17, 15) is 23.1 Å². The number of aromatic carboxylic acids is 1. The third-order valence-electron chi connectivity index (χ3n) is 2.99. The van der Waals surface area contributed by atoms with Gasteiger partial charge in [-0.05, 0) is 19.1 Å². The molecule has 0 bridgehead atoms. The van der Waals surface area contributed by atoms with Crippen molar-refractivity contribution in [3.8, 4) is 0 Å². The Balaban J connectivity index is 2.58. The highest BCUT2D eigenvalue weighted by Gasteiger charge is 2.32. The average Bonchev–Trinajstić information content (AvgIpc) is 2.42. The summed E-state index contributed by atoms with van der Waals surface area (Å²) in [5.74, 6) is -1.47. The quantitative estimate of drug-likeness (QED) is 0.940. The smallest absolute Gasteiger partial charge is 0.405 e. The Morgan fingerprint density at radius 2 is 2.00 bits per heavy atom. The first kappa shape index (κ1) is 15.1. The van der Waals surface area contributed by atoms with E-state index in [0.717, 1.165) is 4.90 Å². The fraction of sp³-hybridized carbons (Fsp3) is 0.286. The molecule has 0 unspecified atom stereocenters. The highest BCUT2D eigenvalue weighted by Crippen LogP contribution is 2.26. The van der Waals surface area contributed by atoms with Crippen molar-refractivity contribution in [3.63, 3.8) is 0 Å². The van der Waals surface area contributed by atoms with Crippen molar-refractivity contribution in [1.82, 2.24) is 4.98 Å². The summed E-state index contributed by atoms with van der Waals surface area (Å²) in [4.78, 5) is 16.3. The largest absolute Gasteiger partial charge is 0.478 e. The van der Waals surface area contributed by atoms with Gasteiger partial charge in [0.05, 0.1) is 5.52 Å². The lowest BCUT2D eigenvalue weighted by molar-refractivity contribution is -0.119. The van der Waals surface area contributed by atoms with Gasteiger partial charge in [0.25, 0.3) is 0 Å². The molecule has 1 N–H and O–H groups in total. The van der Waals surface area contributed by atoms with Gasteiger partial charge >= 0.3 is 12.1 Å². The summed E-state index contributed by atoms with van der Waals surface area (Å²) in [5.41, 5.74) is 0.220. The van der Waals surface area contributed by atoms with Gasteiger partial charge in [-0.15, -0.1) is 0 Å². The van der Waals surface area contributed by atoms with Crippen molar-refractivity contribution in [2.45, 2.75) is 13.1 Å². The monoisotopic (exact) mass is 298 g/mol. The van der Waals surface area contributed by atoms with Crippen LogP contribution < -0.4 is 4.90 Å². The number of carbonyl (C=O) groups is 1. The van der Waals surface area contributed by atoms with E-state index in [4.69, 9.17) is 0 Å². The molecule has 1 aromatic carbocycles. The summed E-state index contributed by atoms with van der Waals surface area (Å²) in [5, 5.41) is 9.79. The molecule has 0 spiro atoms. The predicted molar refractivity (Wildman–Crippen MR) is 72.6 cm³/mol. The summed E-state index contributed by atoms with van der Waals surface area (Å²) in [6, 6.07) is 8.05. The third kappa shape index (κ3) is 3.42. The normalized spacial score (nSPS) is 11.6. The van der Waals surface area contributed by atoms with E-state index < -0.39 is 18.7 Å². The van der Waals surface area contributed by atoms with Crippen LogP contribution in [0.15, 0.2) is 30.3 Å². The Hall–Kier alpha value is -2.31. The van der Waals surface area contributed by atoms with E-state index in [0.29, 0.717) is 10.9 Å². The van der Waals surface area contributed by atoms with Crippen molar-refractivity contribution in [2.24, 2.45) is 0 Å². The first-order chi connectivity index (χ1) is 9.81. The Morgan fingerprint density at radius 3 is 2.57 bits per heavy atom. The number of nitrogens with zero attached hydrogens (tertiary/aromatic N) is 2. The van der Waals surface area contributed by atoms with Crippen molar-refractivity contribution in [1.29, 1.82) is 0 Å². The SMILES string of the molecule is CCN(CC(F)(F)F)c1nc2ccccc2cc1C(=O)O. The number of rotatable bonds is 4. The summed E-state index contributed by atoms with van der Waals surface area (Å²) < 4.78 is 37.8.